The molecule has 0 atom stereocenters. The smallest absolute Gasteiger partial charge is 1.00 e. The van der Waals surface area contributed by atoms with E-state index in [9.17, 15) is 19.8 Å². The Balaban J connectivity index is 0.00000180. The van der Waals surface area contributed by atoms with Crippen LogP contribution in [0.25, 0.3) is 46.4 Å². The van der Waals surface area contributed by atoms with E-state index >= 15 is 0 Å². The van der Waals surface area contributed by atoms with E-state index in [0.717, 1.165) is 56.0 Å². The van der Waals surface area contributed by atoms with Gasteiger partial charge < -0.3 is 57.4 Å². The number of aliphatic carboxylic acids is 2. The summed E-state index contributed by atoms with van der Waals surface area (Å²) in [6.07, 6.45) is 8.43. The maximum Gasteiger partial charge on any atom is 3.00 e. The molecule has 3 aromatic heterocycles. The number of nitrogens with zero attached hydrogens (tertiary/aromatic N) is 2. The molecule has 0 spiro atoms. The van der Waals surface area contributed by atoms with Crippen LogP contribution >= 0.6 is 0 Å². The quantitative estimate of drug-likeness (QED) is 0.152. The molecule has 38 heavy (non-hydrogen) atoms. The fourth-order valence-corrected chi connectivity index (χ4v) is 4.11. The SMILES string of the molecule is O=C(O)CCc1cc2cc3nc(cc4nc(cc5cc(CCC(=O)O)c(cc1[nH]2)[nH]5)C=C4)C=C3.[Cl-].[Cl-].[Cl-].[Co+3]. The van der Waals surface area contributed by atoms with Gasteiger partial charge in [0.15, 0.2) is 0 Å². The fourth-order valence-electron chi connectivity index (χ4n) is 4.11. The molecule has 5 heterocycles. The third-order valence-electron chi connectivity index (χ3n) is 5.68. The molecule has 0 unspecified atom stereocenters. The summed E-state index contributed by atoms with van der Waals surface area (Å²) in [6, 6.07) is 11.5. The first-order valence-corrected chi connectivity index (χ1v) is 10.9. The standard InChI is InChI=1S/C26H22N4O4.3ClH.Co/c31-25(32)7-1-15-9-21-12-19-5-3-17(27-19)11-18-4-6-20(28-18)13-22-10-16(2-8-26(33)34)24(30-22)14-23(15)29-21;;;;/h3-6,9-14,29-30H,1-2,7-8H2,(H,31,32)(H,33,34);3*1H;/q;;;;+3/p-3. The van der Waals surface area contributed by atoms with Crippen LogP contribution in [-0.2, 0) is 39.2 Å². The first kappa shape index (κ1) is 32.9. The number of halogens is 3. The zero-order valence-electron chi connectivity index (χ0n) is 19.7. The summed E-state index contributed by atoms with van der Waals surface area (Å²) in [4.78, 5) is 38.4. The molecule has 3 aromatic rings. The van der Waals surface area contributed by atoms with Crippen LogP contribution in [0.2, 0.25) is 0 Å². The van der Waals surface area contributed by atoms with Crippen molar-refractivity contribution in [3.63, 3.8) is 0 Å². The Morgan fingerprint density at radius 3 is 1.34 bits per heavy atom. The summed E-state index contributed by atoms with van der Waals surface area (Å²) in [5, 5.41) is 18.4. The Kier molecular flexibility index (Phi) is 12.3. The summed E-state index contributed by atoms with van der Waals surface area (Å²) < 4.78 is 0. The van der Waals surface area contributed by atoms with Gasteiger partial charge in [0.25, 0.3) is 0 Å². The van der Waals surface area contributed by atoms with Gasteiger partial charge in [-0.15, -0.1) is 0 Å². The second-order valence-corrected chi connectivity index (χ2v) is 8.28. The first-order chi connectivity index (χ1) is 16.4. The molecule has 8 nitrogen and oxygen atoms in total. The van der Waals surface area contributed by atoms with Crippen LogP contribution < -0.4 is 37.2 Å². The molecule has 12 heteroatoms. The van der Waals surface area contributed by atoms with Gasteiger partial charge in [-0.25, -0.2) is 9.97 Å². The molecular formula is C26H22Cl3CoN4O4. The number of carbonyl (C=O) groups is 2. The maximum absolute atomic E-state index is 11.2. The molecular weight excluding hydrogens is 598 g/mol. The molecule has 0 saturated carbocycles. The molecule has 0 amide bonds. The van der Waals surface area contributed by atoms with Crippen molar-refractivity contribution in [2.75, 3.05) is 0 Å². The number of hydrogen-bond acceptors (Lipinski definition) is 4. The predicted molar refractivity (Wildman–Crippen MR) is 131 cm³/mol. The third-order valence-corrected chi connectivity index (χ3v) is 5.68. The van der Waals surface area contributed by atoms with Crippen molar-refractivity contribution in [3.8, 4) is 0 Å². The Hall–Kier alpha value is -3.08. The van der Waals surface area contributed by atoms with Gasteiger partial charge in [0, 0.05) is 34.9 Å². The fraction of sp³-hybridized carbons (Fsp3) is 0.154. The molecule has 8 bridgehead atoms. The van der Waals surface area contributed by atoms with Crippen LogP contribution in [0.1, 0.15) is 46.7 Å². The number of aromatic nitrogens is 4. The number of aromatic amines is 2. The van der Waals surface area contributed by atoms with E-state index in [1.54, 1.807) is 0 Å². The van der Waals surface area contributed by atoms with E-state index in [0.29, 0.717) is 12.8 Å². The number of fused-ring (bicyclic) bond motifs is 8. The Morgan fingerprint density at radius 1 is 0.605 bits per heavy atom. The molecule has 4 N–H and O–H groups in total. The predicted octanol–water partition coefficient (Wildman–Crippen LogP) is -4.30. The molecule has 0 fully saturated rings. The third kappa shape index (κ3) is 7.96. The minimum absolute atomic E-state index is 0. The zero-order chi connectivity index (χ0) is 23.7. The average Bonchev–Trinajstić information content (AvgIpc) is 3.55. The second kappa shape index (κ2) is 14.2. The molecule has 5 rings (SSSR count). The summed E-state index contributed by atoms with van der Waals surface area (Å²) in [7, 11) is 0. The van der Waals surface area contributed by atoms with Gasteiger partial charge in [0.05, 0.1) is 22.8 Å². The molecule has 0 aromatic carbocycles. The van der Waals surface area contributed by atoms with Gasteiger partial charge >= 0.3 is 28.7 Å². The van der Waals surface area contributed by atoms with E-state index < -0.39 is 11.9 Å². The number of nitrogens with one attached hydrogen (secondary N) is 2. The Morgan fingerprint density at radius 2 is 0.974 bits per heavy atom. The summed E-state index contributed by atoms with van der Waals surface area (Å²) in [6.45, 7) is 0. The summed E-state index contributed by atoms with van der Waals surface area (Å²) in [5.74, 6) is -1.73. The van der Waals surface area contributed by atoms with Crippen LogP contribution in [0.3, 0.4) is 0 Å². The van der Waals surface area contributed by atoms with Crippen LogP contribution in [0.4, 0.5) is 0 Å². The topological polar surface area (TPSA) is 132 Å². The van der Waals surface area contributed by atoms with E-state index in [2.05, 4.69) is 19.9 Å². The molecule has 2 aliphatic heterocycles. The molecule has 2 aliphatic rings. The van der Waals surface area contributed by atoms with Crippen LogP contribution in [0.15, 0.2) is 36.4 Å². The van der Waals surface area contributed by atoms with Gasteiger partial charge in [-0.3, -0.25) is 9.59 Å². The van der Waals surface area contributed by atoms with Crippen molar-refractivity contribution in [1.82, 2.24) is 19.9 Å². The number of carboxylic acid groups (broad SMARTS) is 2. The van der Waals surface area contributed by atoms with E-state index in [1.807, 2.05) is 60.7 Å². The number of hydrogen-bond donors (Lipinski definition) is 4. The van der Waals surface area contributed by atoms with Crippen LogP contribution in [0.5, 0.6) is 0 Å². The van der Waals surface area contributed by atoms with Crippen molar-refractivity contribution in [2.45, 2.75) is 25.7 Å². The maximum atomic E-state index is 11.2. The number of rotatable bonds is 6. The Labute approximate surface area is 247 Å². The first-order valence-electron chi connectivity index (χ1n) is 10.9. The zero-order valence-corrected chi connectivity index (χ0v) is 23.0. The van der Waals surface area contributed by atoms with Gasteiger partial charge in [0.1, 0.15) is 0 Å². The Bertz CT molecular complexity index is 1440. The second-order valence-electron chi connectivity index (χ2n) is 8.28. The van der Waals surface area contributed by atoms with Gasteiger partial charge in [-0.2, -0.15) is 0 Å². The minimum Gasteiger partial charge on any atom is -1.00 e. The van der Waals surface area contributed by atoms with E-state index in [1.165, 1.54) is 0 Å². The average molecular weight is 620 g/mol. The number of aryl methyl sites for hydroxylation is 2. The van der Waals surface area contributed by atoms with Gasteiger partial charge in [-0.1, -0.05) is 0 Å². The summed E-state index contributed by atoms with van der Waals surface area (Å²) >= 11 is 0. The monoisotopic (exact) mass is 618 g/mol. The van der Waals surface area contributed by atoms with Crippen LogP contribution in [-0.4, -0.2) is 42.1 Å². The molecule has 200 valence electrons. The number of carboxylic acids is 2. The molecule has 0 aliphatic carbocycles. The van der Waals surface area contributed by atoms with Crippen molar-refractivity contribution >= 4 is 58.3 Å². The van der Waals surface area contributed by atoms with Crippen molar-refractivity contribution < 1.29 is 73.8 Å². The largest absolute Gasteiger partial charge is 3.00 e. The van der Waals surface area contributed by atoms with Crippen molar-refractivity contribution in [1.29, 1.82) is 0 Å². The normalized spacial score (nSPS) is 10.9. The van der Waals surface area contributed by atoms with E-state index in [-0.39, 0.29) is 66.8 Å². The van der Waals surface area contributed by atoms with Gasteiger partial charge in [0.2, 0.25) is 0 Å². The van der Waals surface area contributed by atoms with Crippen molar-refractivity contribution in [2.24, 2.45) is 0 Å². The molecule has 0 radical (unpaired) electrons. The minimum atomic E-state index is -0.866. The number of H-pyrrole nitrogens is 2. The molecule has 0 saturated heterocycles. The van der Waals surface area contributed by atoms with E-state index in [4.69, 9.17) is 0 Å². The van der Waals surface area contributed by atoms with Crippen LogP contribution in [0, 0.1) is 0 Å². The summed E-state index contributed by atoms with van der Waals surface area (Å²) in [5.41, 5.74) is 8.04. The van der Waals surface area contributed by atoms with Gasteiger partial charge in [-0.05, 0) is 84.7 Å². The van der Waals surface area contributed by atoms with Crippen molar-refractivity contribution in [3.05, 3.63) is 70.3 Å².